The molecular formula is C57H110O6. The Hall–Kier alpha value is -1.59. The summed E-state index contributed by atoms with van der Waals surface area (Å²) in [4.78, 5) is 38.0. The summed E-state index contributed by atoms with van der Waals surface area (Å²) in [6.07, 6.45) is 55.2. The van der Waals surface area contributed by atoms with E-state index in [1.165, 1.54) is 218 Å². The Morgan fingerprint density at radius 1 is 0.317 bits per heavy atom. The lowest BCUT2D eigenvalue weighted by Gasteiger charge is -2.18. The second-order valence-corrected chi connectivity index (χ2v) is 19.8. The molecule has 0 N–H and O–H groups in total. The van der Waals surface area contributed by atoms with Gasteiger partial charge in [0.05, 0.1) is 0 Å². The molecule has 63 heavy (non-hydrogen) atoms. The third kappa shape index (κ3) is 49.7. The van der Waals surface area contributed by atoms with Crippen LogP contribution in [0.25, 0.3) is 0 Å². The van der Waals surface area contributed by atoms with E-state index >= 15 is 0 Å². The Morgan fingerprint density at radius 2 is 0.556 bits per heavy atom. The first-order valence-corrected chi connectivity index (χ1v) is 28.4. The number of ether oxygens (including phenoxy) is 3. The normalized spacial score (nSPS) is 12.4. The van der Waals surface area contributed by atoms with Gasteiger partial charge in [0.25, 0.3) is 0 Å². The first kappa shape index (κ1) is 61.4. The number of carbonyl (C=O) groups excluding carboxylic acids is 3. The van der Waals surface area contributed by atoms with Gasteiger partial charge in [0, 0.05) is 19.3 Å². The van der Waals surface area contributed by atoms with Crippen molar-refractivity contribution in [1.29, 1.82) is 0 Å². The quantitative estimate of drug-likeness (QED) is 0.0344. The lowest BCUT2D eigenvalue weighted by Crippen LogP contribution is -2.30. The van der Waals surface area contributed by atoms with Gasteiger partial charge in [-0.25, -0.2) is 0 Å². The van der Waals surface area contributed by atoms with Crippen molar-refractivity contribution >= 4 is 17.9 Å². The monoisotopic (exact) mass is 891 g/mol. The van der Waals surface area contributed by atoms with E-state index in [2.05, 4.69) is 27.7 Å². The SMILES string of the molecule is CCCCCCCCCCCCCCC(=O)O[C@@H](COC(=O)CCCCCCCCCCCCC)COC(=O)CCCCCCCCCCCCCCCCCCCCC(C)CC. The van der Waals surface area contributed by atoms with Crippen molar-refractivity contribution in [2.45, 2.75) is 329 Å². The highest BCUT2D eigenvalue weighted by atomic mass is 16.6. The van der Waals surface area contributed by atoms with Gasteiger partial charge in [-0.3, -0.25) is 14.4 Å². The maximum absolute atomic E-state index is 12.8. The zero-order valence-electron chi connectivity index (χ0n) is 43.0. The lowest BCUT2D eigenvalue weighted by molar-refractivity contribution is -0.167. The highest BCUT2D eigenvalue weighted by Gasteiger charge is 2.19. The van der Waals surface area contributed by atoms with Crippen LogP contribution in [0.3, 0.4) is 0 Å². The molecule has 0 saturated heterocycles. The molecule has 0 rings (SSSR count). The Bertz CT molecular complexity index is 951. The molecule has 0 aliphatic rings. The van der Waals surface area contributed by atoms with Crippen LogP contribution in [0.15, 0.2) is 0 Å². The van der Waals surface area contributed by atoms with Crippen molar-refractivity contribution in [3.8, 4) is 0 Å². The standard InChI is InChI=1S/C57H110O6/c1-5-8-10-12-14-16-18-29-34-38-42-46-50-57(60)63-54(51-61-55(58)48-44-40-36-32-27-17-15-13-11-9-6-2)52-62-56(59)49-45-41-37-33-30-26-24-22-20-19-21-23-25-28-31-35-39-43-47-53(4)7-3/h53-54H,5-52H2,1-4H3/t53?,54-/m0/s1. The topological polar surface area (TPSA) is 78.9 Å². The molecule has 0 spiro atoms. The molecule has 0 amide bonds. The van der Waals surface area contributed by atoms with E-state index in [-0.39, 0.29) is 31.1 Å². The molecule has 0 heterocycles. The van der Waals surface area contributed by atoms with Crippen molar-refractivity contribution in [3.63, 3.8) is 0 Å². The van der Waals surface area contributed by atoms with Crippen LogP contribution in [0.2, 0.25) is 0 Å². The molecule has 0 aromatic heterocycles. The zero-order valence-corrected chi connectivity index (χ0v) is 43.0. The van der Waals surface area contributed by atoms with Crippen LogP contribution in [0.5, 0.6) is 0 Å². The fourth-order valence-electron chi connectivity index (χ4n) is 8.72. The molecule has 0 fully saturated rings. The smallest absolute Gasteiger partial charge is 0.306 e. The van der Waals surface area contributed by atoms with E-state index in [1.54, 1.807) is 0 Å². The second-order valence-electron chi connectivity index (χ2n) is 19.8. The fourth-order valence-corrected chi connectivity index (χ4v) is 8.72. The highest BCUT2D eigenvalue weighted by Crippen LogP contribution is 2.18. The van der Waals surface area contributed by atoms with Crippen LogP contribution in [0.4, 0.5) is 0 Å². The van der Waals surface area contributed by atoms with Gasteiger partial charge in [-0.05, 0) is 25.2 Å². The molecule has 1 unspecified atom stereocenters. The van der Waals surface area contributed by atoms with E-state index in [4.69, 9.17) is 14.2 Å². The predicted octanol–water partition coefficient (Wildman–Crippen LogP) is 18.6. The molecule has 0 aromatic carbocycles. The number of rotatable bonds is 52. The Labute approximate surface area is 393 Å². The summed E-state index contributed by atoms with van der Waals surface area (Å²) in [7, 11) is 0. The number of carbonyl (C=O) groups is 3. The van der Waals surface area contributed by atoms with Crippen LogP contribution in [-0.2, 0) is 28.6 Å². The Morgan fingerprint density at radius 3 is 0.825 bits per heavy atom. The first-order valence-electron chi connectivity index (χ1n) is 28.4. The molecular weight excluding hydrogens is 781 g/mol. The summed E-state index contributed by atoms with van der Waals surface area (Å²) >= 11 is 0. The second kappa shape index (κ2) is 51.4. The summed E-state index contributed by atoms with van der Waals surface area (Å²) < 4.78 is 16.8. The average Bonchev–Trinajstić information content (AvgIpc) is 3.28. The van der Waals surface area contributed by atoms with Crippen LogP contribution in [-0.4, -0.2) is 37.2 Å². The third-order valence-electron chi connectivity index (χ3n) is 13.4. The summed E-state index contributed by atoms with van der Waals surface area (Å²) in [5.74, 6) is 0.0709. The summed E-state index contributed by atoms with van der Waals surface area (Å²) in [5.41, 5.74) is 0. The van der Waals surface area contributed by atoms with E-state index in [0.29, 0.717) is 19.3 Å². The number of hydrogen-bond donors (Lipinski definition) is 0. The Kier molecular flexibility index (Phi) is 50.1. The van der Waals surface area contributed by atoms with Crippen molar-refractivity contribution in [3.05, 3.63) is 0 Å². The molecule has 0 bridgehead atoms. The van der Waals surface area contributed by atoms with Gasteiger partial charge in [-0.15, -0.1) is 0 Å². The largest absolute Gasteiger partial charge is 0.462 e. The van der Waals surface area contributed by atoms with Crippen LogP contribution in [0.1, 0.15) is 323 Å². The van der Waals surface area contributed by atoms with Crippen LogP contribution in [0, 0.1) is 5.92 Å². The van der Waals surface area contributed by atoms with Gasteiger partial charge >= 0.3 is 17.9 Å². The summed E-state index contributed by atoms with van der Waals surface area (Å²) in [6, 6.07) is 0. The number of unbranched alkanes of at least 4 members (excludes halogenated alkanes) is 38. The van der Waals surface area contributed by atoms with Gasteiger partial charge in [0.1, 0.15) is 13.2 Å². The van der Waals surface area contributed by atoms with Crippen LogP contribution >= 0.6 is 0 Å². The molecule has 0 saturated carbocycles. The molecule has 0 aliphatic carbocycles. The van der Waals surface area contributed by atoms with Gasteiger partial charge in [-0.2, -0.15) is 0 Å². The van der Waals surface area contributed by atoms with Crippen molar-refractivity contribution < 1.29 is 28.6 Å². The van der Waals surface area contributed by atoms with Crippen molar-refractivity contribution in [2.75, 3.05) is 13.2 Å². The molecule has 0 radical (unpaired) electrons. The van der Waals surface area contributed by atoms with Crippen LogP contribution < -0.4 is 0 Å². The summed E-state index contributed by atoms with van der Waals surface area (Å²) in [6.45, 7) is 9.09. The summed E-state index contributed by atoms with van der Waals surface area (Å²) in [5, 5.41) is 0. The fraction of sp³-hybridized carbons (Fsp3) is 0.947. The number of esters is 3. The van der Waals surface area contributed by atoms with E-state index in [9.17, 15) is 14.4 Å². The minimum absolute atomic E-state index is 0.0620. The minimum Gasteiger partial charge on any atom is -0.462 e. The molecule has 374 valence electrons. The van der Waals surface area contributed by atoms with Gasteiger partial charge in [0.2, 0.25) is 0 Å². The third-order valence-corrected chi connectivity index (χ3v) is 13.4. The molecule has 2 atom stereocenters. The van der Waals surface area contributed by atoms with E-state index in [1.807, 2.05) is 0 Å². The molecule has 6 heteroatoms. The van der Waals surface area contributed by atoms with Gasteiger partial charge < -0.3 is 14.2 Å². The first-order chi connectivity index (χ1) is 30.9. The molecule has 0 aliphatic heterocycles. The highest BCUT2D eigenvalue weighted by molar-refractivity contribution is 5.71. The van der Waals surface area contributed by atoms with E-state index < -0.39 is 6.10 Å². The Balaban J connectivity index is 4.18. The average molecular weight is 892 g/mol. The van der Waals surface area contributed by atoms with Crippen molar-refractivity contribution in [2.24, 2.45) is 5.92 Å². The molecule has 6 nitrogen and oxygen atoms in total. The lowest BCUT2D eigenvalue weighted by atomic mass is 9.99. The molecule has 0 aromatic rings. The zero-order chi connectivity index (χ0) is 45.9. The maximum Gasteiger partial charge on any atom is 0.306 e. The van der Waals surface area contributed by atoms with E-state index in [0.717, 1.165) is 63.7 Å². The number of hydrogen-bond acceptors (Lipinski definition) is 6. The maximum atomic E-state index is 12.8. The van der Waals surface area contributed by atoms with Gasteiger partial charge in [0.15, 0.2) is 6.10 Å². The minimum atomic E-state index is -0.760. The van der Waals surface area contributed by atoms with Crippen molar-refractivity contribution in [1.82, 2.24) is 0 Å². The van der Waals surface area contributed by atoms with Gasteiger partial charge in [-0.1, -0.05) is 285 Å². The predicted molar refractivity (Wildman–Crippen MR) is 270 cm³/mol.